The van der Waals surface area contributed by atoms with Gasteiger partial charge in [0.2, 0.25) is 0 Å². The Morgan fingerprint density at radius 1 is 0.250 bits per heavy atom. The molecule has 0 aliphatic heterocycles. The molecular formula is C48H90. The van der Waals surface area contributed by atoms with Crippen LogP contribution in [0.5, 0.6) is 0 Å². The molecule has 0 saturated carbocycles. The van der Waals surface area contributed by atoms with Gasteiger partial charge in [0.15, 0.2) is 0 Å². The van der Waals surface area contributed by atoms with E-state index in [4.69, 9.17) is 0 Å². The number of aryl methyl sites for hydroxylation is 2. The third-order valence-corrected chi connectivity index (χ3v) is 11.1. The van der Waals surface area contributed by atoms with Crippen LogP contribution in [0.2, 0.25) is 0 Å². The van der Waals surface area contributed by atoms with E-state index in [0.717, 1.165) is 0 Å². The van der Waals surface area contributed by atoms with Crippen LogP contribution in [0.25, 0.3) is 0 Å². The molecule has 1 aromatic rings. The lowest BCUT2D eigenvalue weighted by Crippen LogP contribution is -1.91. The Labute approximate surface area is 305 Å². The van der Waals surface area contributed by atoms with Gasteiger partial charge in [-0.1, -0.05) is 269 Å². The molecule has 0 unspecified atom stereocenters. The lowest BCUT2D eigenvalue weighted by molar-refractivity contribution is 0.523. The van der Waals surface area contributed by atoms with Gasteiger partial charge in [-0.25, -0.2) is 0 Å². The summed E-state index contributed by atoms with van der Waals surface area (Å²) in [7, 11) is 0. The molecule has 0 aliphatic carbocycles. The van der Waals surface area contributed by atoms with E-state index >= 15 is 0 Å². The second-order valence-electron chi connectivity index (χ2n) is 16.0. The van der Waals surface area contributed by atoms with Gasteiger partial charge >= 0.3 is 0 Å². The van der Waals surface area contributed by atoms with Gasteiger partial charge in [0.1, 0.15) is 0 Å². The Kier molecular flexibility index (Phi) is 36.8. The number of unbranched alkanes of at least 4 members (excludes halogenated alkanes) is 36. The van der Waals surface area contributed by atoms with Crippen molar-refractivity contribution in [3.05, 3.63) is 35.4 Å². The van der Waals surface area contributed by atoms with E-state index in [1.807, 2.05) is 0 Å². The Morgan fingerprint density at radius 3 is 0.646 bits per heavy atom. The highest BCUT2D eigenvalue weighted by Crippen LogP contribution is 2.18. The molecule has 0 atom stereocenters. The van der Waals surface area contributed by atoms with Crippen molar-refractivity contribution in [3.8, 4) is 0 Å². The number of hydrogen-bond donors (Lipinski definition) is 0. The molecular weight excluding hydrogens is 577 g/mol. The Bertz CT molecular complexity index is 661. The summed E-state index contributed by atoms with van der Waals surface area (Å²) in [6.07, 6.45) is 58.0. The van der Waals surface area contributed by atoms with Gasteiger partial charge in [-0.3, -0.25) is 0 Å². The van der Waals surface area contributed by atoms with Crippen molar-refractivity contribution in [3.63, 3.8) is 0 Å². The lowest BCUT2D eigenvalue weighted by atomic mass is 9.99. The number of rotatable bonds is 40. The molecule has 0 heteroatoms. The highest BCUT2D eigenvalue weighted by Gasteiger charge is 2.00. The van der Waals surface area contributed by atoms with Gasteiger partial charge in [-0.15, -0.1) is 0 Å². The first-order chi connectivity index (χ1) is 23.9. The fourth-order valence-corrected chi connectivity index (χ4v) is 7.76. The summed E-state index contributed by atoms with van der Waals surface area (Å²) in [5, 5.41) is 0. The minimum absolute atomic E-state index is 1.28. The Balaban J connectivity index is 1.81. The van der Waals surface area contributed by atoms with Crippen molar-refractivity contribution < 1.29 is 0 Å². The summed E-state index contributed by atoms with van der Waals surface area (Å²) >= 11 is 0. The maximum Gasteiger partial charge on any atom is -0.0279 e. The molecule has 0 fully saturated rings. The van der Waals surface area contributed by atoms with Gasteiger partial charge in [0.05, 0.1) is 0 Å². The zero-order valence-corrected chi connectivity index (χ0v) is 33.6. The van der Waals surface area contributed by atoms with Gasteiger partial charge in [-0.2, -0.15) is 0 Å². The first-order valence-electron chi connectivity index (χ1n) is 22.9. The third-order valence-electron chi connectivity index (χ3n) is 11.1. The van der Waals surface area contributed by atoms with Gasteiger partial charge in [0.25, 0.3) is 0 Å². The van der Waals surface area contributed by atoms with Crippen LogP contribution in [0, 0.1) is 0 Å². The van der Waals surface area contributed by atoms with E-state index in [1.54, 1.807) is 11.1 Å². The van der Waals surface area contributed by atoms with E-state index in [-0.39, 0.29) is 0 Å². The molecule has 48 heavy (non-hydrogen) atoms. The minimum atomic E-state index is 1.28. The number of hydrogen-bond acceptors (Lipinski definition) is 0. The average Bonchev–Trinajstić information content (AvgIpc) is 3.10. The van der Waals surface area contributed by atoms with Crippen LogP contribution in [0.3, 0.4) is 0 Å². The third kappa shape index (κ3) is 33.7. The van der Waals surface area contributed by atoms with E-state index in [1.165, 1.54) is 257 Å². The van der Waals surface area contributed by atoms with Gasteiger partial charge in [-0.05, 0) is 36.8 Å². The van der Waals surface area contributed by atoms with E-state index in [0.29, 0.717) is 0 Å². The van der Waals surface area contributed by atoms with Gasteiger partial charge in [0, 0.05) is 0 Å². The highest BCUT2D eigenvalue weighted by molar-refractivity contribution is 5.23. The smallest absolute Gasteiger partial charge is 0.0279 e. The van der Waals surface area contributed by atoms with Crippen LogP contribution >= 0.6 is 0 Å². The molecule has 0 nitrogen and oxygen atoms in total. The van der Waals surface area contributed by atoms with E-state index < -0.39 is 0 Å². The second kappa shape index (κ2) is 39.0. The first kappa shape index (κ1) is 45.2. The van der Waals surface area contributed by atoms with Crippen LogP contribution < -0.4 is 0 Å². The summed E-state index contributed by atoms with van der Waals surface area (Å²) in [5.41, 5.74) is 3.16. The fraction of sp³-hybridized carbons (Fsp3) is 0.875. The van der Waals surface area contributed by atoms with Gasteiger partial charge < -0.3 is 0 Å². The molecule has 282 valence electrons. The Morgan fingerprint density at radius 2 is 0.438 bits per heavy atom. The average molecular weight is 667 g/mol. The topological polar surface area (TPSA) is 0 Å². The highest BCUT2D eigenvalue weighted by atomic mass is 14.1. The molecule has 0 bridgehead atoms. The molecule has 0 amide bonds. The van der Waals surface area contributed by atoms with Crippen molar-refractivity contribution in [2.75, 3.05) is 0 Å². The fourth-order valence-electron chi connectivity index (χ4n) is 7.76. The normalized spacial score (nSPS) is 11.5. The van der Waals surface area contributed by atoms with E-state index in [9.17, 15) is 0 Å². The minimum Gasteiger partial charge on any atom is -0.0654 e. The van der Waals surface area contributed by atoms with E-state index in [2.05, 4.69) is 38.1 Å². The lowest BCUT2D eigenvalue weighted by Gasteiger charge is -2.07. The van der Waals surface area contributed by atoms with Crippen LogP contribution in [-0.4, -0.2) is 0 Å². The molecule has 0 saturated heterocycles. The SMILES string of the molecule is CCCCCCCCCCCCCCCCCCCCCc1cccc(CCCCCCCCCCCCCCCCCCCCC)c1. The van der Waals surface area contributed by atoms with Crippen molar-refractivity contribution >= 4 is 0 Å². The first-order valence-corrected chi connectivity index (χ1v) is 22.9. The molecule has 1 rings (SSSR count). The molecule has 0 spiro atoms. The zero-order chi connectivity index (χ0) is 34.3. The second-order valence-corrected chi connectivity index (χ2v) is 16.0. The quantitative estimate of drug-likeness (QED) is 0.0612. The monoisotopic (exact) mass is 667 g/mol. The summed E-state index contributed by atoms with van der Waals surface area (Å²) in [6.45, 7) is 4.62. The largest absolute Gasteiger partial charge is 0.0654 e. The summed E-state index contributed by atoms with van der Waals surface area (Å²) in [6, 6.07) is 9.57. The molecule has 0 aromatic heterocycles. The zero-order valence-electron chi connectivity index (χ0n) is 33.6. The molecule has 0 heterocycles. The summed E-state index contributed by atoms with van der Waals surface area (Å²) in [5.74, 6) is 0. The van der Waals surface area contributed by atoms with Crippen molar-refractivity contribution in [1.29, 1.82) is 0 Å². The van der Waals surface area contributed by atoms with Crippen molar-refractivity contribution in [2.45, 2.75) is 271 Å². The maximum atomic E-state index is 2.52. The molecule has 0 N–H and O–H groups in total. The summed E-state index contributed by atoms with van der Waals surface area (Å²) in [4.78, 5) is 0. The van der Waals surface area contributed by atoms with Crippen LogP contribution in [-0.2, 0) is 12.8 Å². The van der Waals surface area contributed by atoms with Crippen LogP contribution in [0.4, 0.5) is 0 Å². The Hall–Kier alpha value is -0.780. The molecule has 0 radical (unpaired) electrons. The maximum absolute atomic E-state index is 2.52. The van der Waals surface area contributed by atoms with Crippen molar-refractivity contribution in [1.82, 2.24) is 0 Å². The summed E-state index contributed by atoms with van der Waals surface area (Å²) < 4.78 is 0. The molecule has 1 aromatic carbocycles. The standard InChI is InChI=1S/C48H90/c1-3-5-7-9-11-13-15-17-19-21-23-25-27-29-31-33-35-37-39-42-47-44-41-45-48(46-47)43-40-38-36-34-32-30-28-26-24-22-20-18-16-14-12-10-8-6-4-2/h41,44-46H,3-40,42-43H2,1-2H3. The van der Waals surface area contributed by atoms with Crippen LogP contribution in [0.15, 0.2) is 24.3 Å². The number of benzene rings is 1. The molecule has 0 aliphatic rings. The van der Waals surface area contributed by atoms with Crippen LogP contribution in [0.1, 0.15) is 269 Å². The predicted molar refractivity (Wildman–Crippen MR) is 221 cm³/mol. The van der Waals surface area contributed by atoms with Crippen molar-refractivity contribution in [2.24, 2.45) is 0 Å². The predicted octanol–water partition coefficient (Wildman–Crippen LogP) is 17.6.